The SMILES string of the molecule is O=C(O)CCCc1nc2ccccc2c2nc(-c3ccc(F)cc3)nn12. The van der Waals surface area contributed by atoms with Crippen LogP contribution in [0.1, 0.15) is 18.7 Å². The van der Waals surface area contributed by atoms with Crippen LogP contribution in [0.2, 0.25) is 0 Å². The first-order valence-corrected chi connectivity index (χ1v) is 8.24. The largest absolute Gasteiger partial charge is 0.481 e. The monoisotopic (exact) mass is 350 g/mol. The number of carboxylic acids is 1. The van der Waals surface area contributed by atoms with Crippen LogP contribution in [0.15, 0.2) is 48.5 Å². The predicted molar refractivity (Wildman–Crippen MR) is 94.3 cm³/mol. The molecule has 2 aromatic carbocycles. The summed E-state index contributed by atoms with van der Waals surface area (Å²) in [7, 11) is 0. The quantitative estimate of drug-likeness (QED) is 0.596. The minimum atomic E-state index is -0.840. The first kappa shape index (κ1) is 16.1. The van der Waals surface area contributed by atoms with Gasteiger partial charge in [0.15, 0.2) is 11.5 Å². The molecule has 0 fully saturated rings. The summed E-state index contributed by atoms with van der Waals surface area (Å²) in [5.74, 6) is -0.0323. The number of nitrogens with zero attached hydrogens (tertiary/aromatic N) is 4. The second-order valence-corrected chi connectivity index (χ2v) is 5.97. The highest BCUT2D eigenvalue weighted by molar-refractivity contribution is 5.91. The number of aryl methyl sites for hydroxylation is 1. The van der Waals surface area contributed by atoms with Crippen LogP contribution in [0.3, 0.4) is 0 Å². The number of rotatable bonds is 5. The standard InChI is InChI=1S/C19H15FN4O2/c20-13-10-8-12(9-11-13)18-22-19-14-4-1-2-5-15(14)21-16(24(19)23-18)6-3-7-17(25)26/h1-2,4-5,8-11H,3,6-7H2,(H,25,26). The van der Waals surface area contributed by atoms with Gasteiger partial charge in [-0.2, -0.15) is 4.52 Å². The van der Waals surface area contributed by atoms with Gasteiger partial charge >= 0.3 is 5.97 Å². The van der Waals surface area contributed by atoms with Crippen LogP contribution in [0.5, 0.6) is 0 Å². The Balaban J connectivity index is 1.86. The molecular weight excluding hydrogens is 335 g/mol. The summed E-state index contributed by atoms with van der Waals surface area (Å²) in [4.78, 5) is 20.0. The molecule has 0 saturated heterocycles. The normalized spacial score (nSPS) is 11.3. The number of fused-ring (bicyclic) bond motifs is 3. The van der Waals surface area contributed by atoms with E-state index in [1.807, 2.05) is 24.3 Å². The second kappa shape index (κ2) is 6.51. The zero-order chi connectivity index (χ0) is 18.1. The van der Waals surface area contributed by atoms with Crippen molar-refractivity contribution in [1.29, 1.82) is 0 Å². The average Bonchev–Trinajstić information content (AvgIpc) is 3.08. The van der Waals surface area contributed by atoms with E-state index in [0.29, 0.717) is 35.7 Å². The Morgan fingerprint density at radius 2 is 1.85 bits per heavy atom. The minimum absolute atomic E-state index is 0.0650. The molecule has 4 aromatic rings. The molecule has 7 heteroatoms. The van der Waals surface area contributed by atoms with Crippen LogP contribution in [-0.2, 0) is 11.2 Å². The topological polar surface area (TPSA) is 80.4 Å². The highest BCUT2D eigenvalue weighted by Gasteiger charge is 2.14. The van der Waals surface area contributed by atoms with E-state index in [0.717, 1.165) is 10.9 Å². The number of carboxylic acid groups (broad SMARTS) is 1. The number of aliphatic carboxylic acids is 1. The molecule has 0 aliphatic rings. The third-order valence-electron chi connectivity index (χ3n) is 4.14. The number of hydrogen-bond donors (Lipinski definition) is 1. The first-order chi connectivity index (χ1) is 12.6. The number of para-hydroxylation sites is 1. The zero-order valence-electron chi connectivity index (χ0n) is 13.8. The molecule has 0 spiro atoms. The number of carbonyl (C=O) groups is 1. The van der Waals surface area contributed by atoms with Gasteiger partial charge in [-0.15, -0.1) is 5.10 Å². The highest BCUT2D eigenvalue weighted by atomic mass is 19.1. The first-order valence-electron chi connectivity index (χ1n) is 8.24. The van der Waals surface area contributed by atoms with Crippen molar-refractivity contribution in [3.05, 3.63) is 60.2 Å². The lowest BCUT2D eigenvalue weighted by atomic mass is 10.2. The Labute approximate surface area is 147 Å². The van der Waals surface area contributed by atoms with E-state index in [2.05, 4.69) is 15.1 Å². The zero-order valence-corrected chi connectivity index (χ0v) is 13.8. The van der Waals surface area contributed by atoms with Crippen molar-refractivity contribution in [1.82, 2.24) is 19.6 Å². The summed E-state index contributed by atoms with van der Waals surface area (Å²) < 4.78 is 14.8. The van der Waals surface area contributed by atoms with Gasteiger partial charge in [0.25, 0.3) is 0 Å². The van der Waals surface area contributed by atoms with Crippen LogP contribution in [0, 0.1) is 5.82 Å². The molecule has 0 atom stereocenters. The van der Waals surface area contributed by atoms with Crippen LogP contribution in [0.25, 0.3) is 27.9 Å². The van der Waals surface area contributed by atoms with Crippen LogP contribution >= 0.6 is 0 Å². The number of aromatic nitrogens is 4. The number of hydrogen-bond acceptors (Lipinski definition) is 4. The lowest BCUT2D eigenvalue weighted by molar-refractivity contribution is -0.137. The summed E-state index contributed by atoms with van der Waals surface area (Å²) in [6, 6.07) is 13.6. The minimum Gasteiger partial charge on any atom is -0.481 e. The van der Waals surface area contributed by atoms with Gasteiger partial charge in [0.2, 0.25) is 0 Å². The van der Waals surface area contributed by atoms with Crippen LogP contribution in [0.4, 0.5) is 4.39 Å². The molecule has 0 aliphatic heterocycles. The molecule has 1 N–H and O–H groups in total. The summed E-state index contributed by atoms with van der Waals surface area (Å²) >= 11 is 0. The third-order valence-corrected chi connectivity index (χ3v) is 4.14. The summed E-state index contributed by atoms with van der Waals surface area (Å²) in [6.07, 6.45) is 0.997. The van der Waals surface area contributed by atoms with E-state index >= 15 is 0 Å². The van der Waals surface area contributed by atoms with E-state index in [1.165, 1.54) is 12.1 Å². The average molecular weight is 350 g/mol. The van der Waals surface area contributed by atoms with E-state index in [4.69, 9.17) is 5.11 Å². The highest BCUT2D eigenvalue weighted by Crippen LogP contribution is 2.23. The number of halogens is 1. The van der Waals surface area contributed by atoms with Gasteiger partial charge in [0.05, 0.1) is 5.52 Å². The Bertz CT molecular complexity index is 1110. The molecule has 26 heavy (non-hydrogen) atoms. The van der Waals surface area contributed by atoms with Crippen molar-refractivity contribution in [2.45, 2.75) is 19.3 Å². The molecule has 2 heterocycles. The van der Waals surface area contributed by atoms with Gasteiger partial charge < -0.3 is 5.11 Å². The second-order valence-electron chi connectivity index (χ2n) is 5.97. The van der Waals surface area contributed by atoms with Gasteiger partial charge in [-0.25, -0.2) is 14.4 Å². The fourth-order valence-corrected chi connectivity index (χ4v) is 2.89. The Morgan fingerprint density at radius 3 is 2.62 bits per heavy atom. The lowest BCUT2D eigenvalue weighted by Crippen LogP contribution is -2.05. The van der Waals surface area contributed by atoms with Crippen molar-refractivity contribution in [2.24, 2.45) is 0 Å². The maximum atomic E-state index is 13.2. The summed E-state index contributed by atoms with van der Waals surface area (Å²) in [5, 5.41) is 14.3. The van der Waals surface area contributed by atoms with Gasteiger partial charge in [0, 0.05) is 23.8 Å². The van der Waals surface area contributed by atoms with Crippen molar-refractivity contribution in [3.63, 3.8) is 0 Å². The molecule has 0 bridgehead atoms. The Hall–Kier alpha value is -3.35. The third kappa shape index (κ3) is 2.99. The lowest BCUT2D eigenvalue weighted by Gasteiger charge is -2.05. The Morgan fingerprint density at radius 1 is 1.08 bits per heavy atom. The smallest absolute Gasteiger partial charge is 0.303 e. The molecule has 2 aromatic heterocycles. The molecule has 0 aliphatic carbocycles. The van der Waals surface area contributed by atoms with Gasteiger partial charge in [-0.3, -0.25) is 4.79 Å². The molecule has 0 radical (unpaired) electrons. The maximum absolute atomic E-state index is 13.2. The van der Waals surface area contributed by atoms with Crippen molar-refractivity contribution in [3.8, 4) is 11.4 Å². The van der Waals surface area contributed by atoms with Crippen LogP contribution in [-0.4, -0.2) is 30.7 Å². The van der Waals surface area contributed by atoms with Gasteiger partial charge in [-0.05, 0) is 42.8 Å². The van der Waals surface area contributed by atoms with E-state index in [-0.39, 0.29) is 12.2 Å². The van der Waals surface area contributed by atoms with E-state index in [9.17, 15) is 9.18 Å². The fourth-order valence-electron chi connectivity index (χ4n) is 2.89. The molecule has 0 saturated carbocycles. The van der Waals surface area contributed by atoms with E-state index in [1.54, 1.807) is 16.6 Å². The summed E-state index contributed by atoms with van der Waals surface area (Å²) in [6.45, 7) is 0. The molecule has 4 rings (SSSR count). The summed E-state index contributed by atoms with van der Waals surface area (Å²) in [5.41, 5.74) is 2.14. The van der Waals surface area contributed by atoms with Crippen molar-refractivity contribution in [2.75, 3.05) is 0 Å². The predicted octanol–water partition coefficient (Wildman–Crippen LogP) is 3.49. The molecule has 0 unspecified atom stereocenters. The van der Waals surface area contributed by atoms with Crippen molar-refractivity contribution >= 4 is 22.5 Å². The van der Waals surface area contributed by atoms with Gasteiger partial charge in [0.1, 0.15) is 11.6 Å². The number of benzene rings is 2. The molecule has 130 valence electrons. The fraction of sp³-hybridized carbons (Fsp3) is 0.158. The Kier molecular flexibility index (Phi) is 4.04. The van der Waals surface area contributed by atoms with Gasteiger partial charge in [-0.1, -0.05) is 12.1 Å². The van der Waals surface area contributed by atoms with Crippen molar-refractivity contribution < 1.29 is 14.3 Å². The van der Waals surface area contributed by atoms with E-state index < -0.39 is 5.97 Å². The molecular formula is C19H15FN4O2. The molecule has 6 nitrogen and oxygen atoms in total. The molecule has 0 amide bonds. The van der Waals surface area contributed by atoms with Crippen LogP contribution < -0.4 is 0 Å². The maximum Gasteiger partial charge on any atom is 0.303 e.